The maximum atomic E-state index is 4.35. The fraction of sp³-hybridized carbons (Fsp3) is 0.471. The minimum atomic E-state index is 0.312. The van der Waals surface area contributed by atoms with E-state index in [1.54, 1.807) is 11.3 Å². The van der Waals surface area contributed by atoms with Gasteiger partial charge in [-0.1, -0.05) is 12.1 Å². The van der Waals surface area contributed by atoms with E-state index in [9.17, 15) is 0 Å². The third-order valence-corrected chi connectivity index (χ3v) is 5.05. The van der Waals surface area contributed by atoms with Crippen LogP contribution in [0.1, 0.15) is 42.8 Å². The molecule has 1 N–H and O–H groups in total. The van der Waals surface area contributed by atoms with Gasteiger partial charge in [0.2, 0.25) is 0 Å². The predicted octanol–water partition coefficient (Wildman–Crippen LogP) is 3.98. The Kier molecular flexibility index (Phi) is 4.88. The van der Waals surface area contributed by atoms with Crippen LogP contribution in [0.5, 0.6) is 0 Å². The summed E-state index contributed by atoms with van der Waals surface area (Å²) in [4.78, 5) is 6.85. The van der Waals surface area contributed by atoms with Gasteiger partial charge in [-0.15, -0.1) is 11.3 Å². The summed E-state index contributed by atoms with van der Waals surface area (Å²) >= 11 is 1.71. The third kappa shape index (κ3) is 3.83. The molecule has 0 radical (unpaired) electrons. The summed E-state index contributed by atoms with van der Waals surface area (Å²) in [6.45, 7) is 5.47. The number of hydrogen-bond acceptors (Lipinski definition) is 4. The van der Waals surface area contributed by atoms with Gasteiger partial charge in [-0.05, 0) is 43.9 Å². The fourth-order valence-electron chi connectivity index (χ4n) is 2.78. The van der Waals surface area contributed by atoms with E-state index in [1.807, 2.05) is 11.6 Å². The zero-order valence-corrected chi connectivity index (χ0v) is 13.4. The van der Waals surface area contributed by atoms with E-state index in [-0.39, 0.29) is 0 Å². The van der Waals surface area contributed by atoms with Crippen molar-refractivity contribution in [1.82, 2.24) is 10.3 Å². The van der Waals surface area contributed by atoms with Crippen molar-refractivity contribution in [3.8, 4) is 0 Å². The zero-order chi connectivity index (χ0) is 14.5. The van der Waals surface area contributed by atoms with E-state index in [2.05, 4.69) is 46.4 Å². The van der Waals surface area contributed by atoms with E-state index >= 15 is 0 Å². The molecule has 1 atom stereocenters. The average Bonchev–Trinajstić information content (AvgIpc) is 3.08. The second-order valence-corrected chi connectivity index (χ2v) is 6.61. The highest BCUT2D eigenvalue weighted by molar-refractivity contribution is 7.09. The molecule has 2 aromatic rings. The van der Waals surface area contributed by atoms with Crippen LogP contribution in [0.3, 0.4) is 0 Å². The second-order valence-electron chi connectivity index (χ2n) is 5.69. The Morgan fingerprint density at radius 2 is 1.95 bits per heavy atom. The molecule has 1 aromatic carbocycles. The number of piperidine rings is 1. The van der Waals surface area contributed by atoms with Crippen molar-refractivity contribution in [3.63, 3.8) is 0 Å². The normalized spacial score (nSPS) is 16.9. The van der Waals surface area contributed by atoms with Crippen LogP contribution in [0.2, 0.25) is 0 Å². The maximum Gasteiger partial charge on any atom is 0.109 e. The molecule has 0 amide bonds. The lowest BCUT2D eigenvalue weighted by Gasteiger charge is -2.28. The highest BCUT2D eigenvalue weighted by atomic mass is 32.1. The molecule has 112 valence electrons. The first-order valence-corrected chi connectivity index (χ1v) is 8.67. The van der Waals surface area contributed by atoms with Crippen LogP contribution in [0, 0.1) is 0 Å². The summed E-state index contributed by atoms with van der Waals surface area (Å²) in [6, 6.07) is 9.32. The van der Waals surface area contributed by atoms with E-state index in [0.29, 0.717) is 6.04 Å². The van der Waals surface area contributed by atoms with Crippen LogP contribution in [-0.4, -0.2) is 18.1 Å². The summed E-state index contributed by atoms with van der Waals surface area (Å²) in [6.07, 6.45) is 5.90. The number of nitrogens with zero attached hydrogens (tertiary/aromatic N) is 2. The van der Waals surface area contributed by atoms with Crippen LogP contribution in [0.4, 0.5) is 5.69 Å². The van der Waals surface area contributed by atoms with Crippen LogP contribution >= 0.6 is 11.3 Å². The predicted molar refractivity (Wildman–Crippen MR) is 89.9 cm³/mol. The Morgan fingerprint density at radius 1 is 1.19 bits per heavy atom. The summed E-state index contributed by atoms with van der Waals surface area (Å²) in [5.74, 6) is 0. The van der Waals surface area contributed by atoms with Gasteiger partial charge in [0, 0.05) is 36.9 Å². The largest absolute Gasteiger partial charge is 0.372 e. The number of thiazole rings is 1. The topological polar surface area (TPSA) is 28.2 Å². The highest BCUT2D eigenvalue weighted by Crippen LogP contribution is 2.21. The lowest BCUT2D eigenvalue weighted by molar-refractivity contribution is 0.570. The average molecular weight is 301 g/mol. The molecule has 0 aliphatic carbocycles. The number of rotatable bonds is 5. The van der Waals surface area contributed by atoms with Crippen LogP contribution in [0.15, 0.2) is 35.8 Å². The van der Waals surface area contributed by atoms with Gasteiger partial charge in [0.1, 0.15) is 5.01 Å². The van der Waals surface area contributed by atoms with Crippen LogP contribution in [0.25, 0.3) is 0 Å². The molecule has 4 heteroatoms. The summed E-state index contributed by atoms with van der Waals surface area (Å²) in [5, 5.41) is 6.72. The number of aromatic nitrogens is 1. The molecule has 3 nitrogen and oxygen atoms in total. The molecule has 0 spiro atoms. The molecular weight excluding hydrogens is 278 g/mol. The van der Waals surface area contributed by atoms with Gasteiger partial charge >= 0.3 is 0 Å². The second kappa shape index (κ2) is 7.05. The van der Waals surface area contributed by atoms with Crippen molar-refractivity contribution in [2.24, 2.45) is 0 Å². The Balaban J connectivity index is 1.54. The molecule has 21 heavy (non-hydrogen) atoms. The number of nitrogens with one attached hydrogen (secondary N) is 1. The molecule has 1 aromatic heterocycles. The highest BCUT2D eigenvalue weighted by Gasteiger charge is 2.11. The monoisotopic (exact) mass is 301 g/mol. The number of hydrogen-bond donors (Lipinski definition) is 1. The molecule has 3 rings (SSSR count). The lowest BCUT2D eigenvalue weighted by atomic mass is 10.1. The molecule has 0 saturated carbocycles. The molecule has 1 aliphatic rings. The molecule has 1 saturated heterocycles. The minimum absolute atomic E-state index is 0.312. The first-order valence-electron chi connectivity index (χ1n) is 7.79. The van der Waals surface area contributed by atoms with Gasteiger partial charge in [0.15, 0.2) is 0 Å². The SMILES string of the molecule is CC(NCc1ccc(N2CCCCC2)cc1)c1nccs1. The smallest absolute Gasteiger partial charge is 0.109 e. The maximum absolute atomic E-state index is 4.35. The number of anilines is 1. The Hall–Kier alpha value is -1.39. The first-order chi connectivity index (χ1) is 10.3. The van der Waals surface area contributed by atoms with Crippen molar-refractivity contribution in [2.45, 2.75) is 38.8 Å². The Bertz CT molecular complexity index is 530. The summed E-state index contributed by atoms with van der Waals surface area (Å²) in [5.41, 5.74) is 2.70. The van der Waals surface area contributed by atoms with Crippen molar-refractivity contribution >= 4 is 17.0 Å². The zero-order valence-electron chi connectivity index (χ0n) is 12.6. The number of benzene rings is 1. The van der Waals surface area contributed by atoms with Crippen molar-refractivity contribution < 1.29 is 0 Å². The molecule has 1 unspecified atom stereocenters. The lowest BCUT2D eigenvalue weighted by Crippen LogP contribution is -2.29. The van der Waals surface area contributed by atoms with Crippen molar-refractivity contribution in [3.05, 3.63) is 46.4 Å². The van der Waals surface area contributed by atoms with E-state index in [4.69, 9.17) is 0 Å². The van der Waals surface area contributed by atoms with Crippen molar-refractivity contribution in [2.75, 3.05) is 18.0 Å². The van der Waals surface area contributed by atoms with Gasteiger partial charge < -0.3 is 10.2 Å². The quantitative estimate of drug-likeness (QED) is 0.905. The van der Waals surface area contributed by atoms with Gasteiger partial charge in [0.05, 0.1) is 6.04 Å². The standard InChI is InChI=1S/C17H23N3S/c1-14(17-18-9-12-21-17)19-13-15-5-7-16(8-6-15)20-10-3-2-4-11-20/h5-9,12,14,19H,2-4,10-11,13H2,1H3. The fourth-order valence-corrected chi connectivity index (χ4v) is 3.45. The van der Waals surface area contributed by atoms with Gasteiger partial charge in [-0.25, -0.2) is 4.98 Å². The summed E-state index contributed by atoms with van der Waals surface area (Å²) < 4.78 is 0. The minimum Gasteiger partial charge on any atom is -0.372 e. The summed E-state index contributed by atoms with van der Waals surface area (Å²) in [7, 11) is 0. The van der Waals surface area contributed by atoms with E-state index in [0.717, 1.165) is 11.6 Å². The first kappa shape index (κ1) is 14.5. The molecular formula is C17H23N3S. The Morgan fingerprint density at radius 3 is 2.62 bits per heavy atom. The molecule has 1 fully saturated rings. The Labute approximate surface area is 131 Å². The molecule has 0 bridgehead atoms. The van der Waals surface area contributed by atoms with Crippen LogP contribution in [-0.2, 0) is 6.54 Å². The molecule has 1 aliphatic heterocycles. The third-order valence-electron chi connectivity index (χ3n) is 4.09. The van der Waals surface area contributed by atoms with Gasteiger partial charge in [-0.2, -0.15) is 0 Å². The molecule has 2 heterocycles. The van der Waals surface area contributed by atoms with Gasteiger partial charge in [0.25, 0.3) is 0 Å². The van der Waals surface area contributed by atoms with E-state index < -0.39 is 0 Å². The van der Waals surface area contributed by atoms with E-state index in [1.165, 1.54) is 43.6 Å². The van der Waals surface area contributed by atoms with Crippen LogP contribution < -0.4 is 10.2 Å². The van der Waals surface area contributed by atoms with Crippen molar-refractivity contribution in [1.29, 1.82) is 0 Å². The van der Waals surface area contributed by atoms with Gasteiger partial charge in [-0.3, -0.25) is 0 Å².